The maximum absolute atomic E-state index is 12.0. The molecule has 0 atom stereocenters. The van der Waals surface area contributed by atoms with E-state index in [9.17, 15) is 9.59 Å². The van der Waals surface area contributed by atoms with E-state index in [1.54, 1.807) is 15.8 Å². The van der Waals surface area contributed by atoms with E-state index >= 15 is 0 Å². The Morgan fingerprint density at radius 2 is 2.24 bits per heavy atom. The lowest BCUT2D eigenvalue weighted by molar-refractivity contribution is -0.137. The molecule has 0 saturated carbocycles. The number of nitrogens with zero attached hydrogens (tertiary/aromatic N) is 2. The molecule has 0 aliphatic heterocycles. The quantitative estimate of drug-likeness (QED) is 0.843. The molecule has 0 radical (unpaired) electrons. The number of aliphatic carboxylic acids is 1. The number of aromatic nitrogens is 1. The average Bonchev–Trinajstić information content (AvgIpc) is 2.75. The maximum atomic E-state index is 12.0. The van der Waals surface area contributed by atoms with Crippen LogP contribution in [0.2, 0.25) is 0 Å². The van der Waals surface area contributed by atoms with Crippen LogP contribution in [0.5, 0.6) is 0 Å². The molecular weight excluding hydrogens is 240 g/mol. The van der Waals surface area contributed by atoms with Crippen molar-refractivity contribution in [1.82, 2.24) is 9.88 Å². The molecule has 1 heterocycles. The Bertz CT molecular complexity index is 376. The third-order valence-electron chi connectivity index (χ3n) is 2.33. The molecule has 0 aromatic carbocycles. The molecule has 1 N–H and O–H groups in total. The van der Waals surface area contributed by atoms with E-state index in [1.807, 2.05) is 13.8 Å². The highest BCUT2D eigenvalue weighted by Gasteiger charge is 2.19. The number of carboxylic acids is 1. The number of amides is 1. The lowest BCUT2D eigenvalue weighted by Crippen LogP contribution is -2.38. The van der Waals surface area contributed by atoms with Crippen LogP contribution in [0.15, 0.2) is 10.9 Å². The third-order valence-corrected chi connectivity index (χ3v) is 2.91. The zero-order valence-electron chi connectivity index (χ0n) is 9.92. The van der Waals surface area contributed by atoms with Crippen molar-refractivity contribution in [1.29, 1.82) is 0 Å². The fraction of sp³-hybridized carbons (Fsp3) is 0.545. The van der Waals surface area contributed by atoms with Crippen molar-refractivity contribution in [2.45, 2.75) is 32.7 Å². The Morgan fingerprint density at radius 1 is 1.53 bits per heavy atom. The van der Waals surface area contributed by atoms with Crippen molar-refractivity contribution in [2.75, 3.05) is 6.54 Å². The molecule has 0 bridgehead atoms. The van der Waals surface area contributed by atoms with Crippen LogP contribution in [0.25, 0.3) is 0 Å². The number of carboxylic acid groups (broad SMARTS) is 1. The van der Waals surface area contributed by atoms with Gasteiger partial charge in [0, 0.05) is 24.4 Å². The van der Waals surface area contributed by atoms with E-state index in [1.165, 1.54) is 11.3 Å². The summed E-state index contributed by atoms with van der Waals surface area (Å²) in [6.45, 7) is 4.26. The normalized spacial score (nSPS) is 10.5. The summed E-state index contributed by atoms with van der Waals surface area (Å²) in [5.41, 5.74) is 2.04. The molecule has 0 unspecified atom stereocenters. The van der Waals surface area contributed by atoms with Crippen LogP contribution >= 0.6 is 11.3 Å². The van der Waals surface area contributed by atoms with Gasteiger partial charge >= 0.3 is 5.97 Å². The molecule has 0 saturated heterocycles. The molecule has 0 aliphatic carbocycles. The van der Waals surface area contributed by atoms with Gasteiger partial charge in [0.2, 0.25) is 0 Å². The predicted molar refractivity (Wildman–Crippen MR) is 65.2 cm³/mol. The number of hydrogen-bond acceptors (Lipinski definition) is 4. The largest absolute Gasteiger partial charge is 0.481 e. The number of carbonyl (C=O) groups is 2. The summed E-state index contributed by atoms with van der Waals surface area (Å²) in [6, 6.07) is 0.0398. The van der Waals surface area contributed by atoms with Crippen molar-refractivity contribution in [2.24, 2.45) is 0 Å². The van der Waals surface area contributed by atoms with E-state index in [-0.39, 0.29) is 18.4 Å². The summed E-state index contributed by atoms with van der Waals surface area (Å²) in [5, 5.41) is 10.3. The molecule has 6 heteroatoms. The molecule has 1 rings (SSSR count). The second kappa shape index (κ2) is 6.34. The van der Waals surface area contributed by atoms with Gasteiger partial charge in [-0.15, -0.1) is 11.3 Å². The van der Waals surface area contributed by atoms with E-state index in [0.717, 1.165) is 0 Å². The molecule has 94 valence electrons. The summed E-state index contributed by atoms with van der Waals surface area (Å²) in [4.78, 5) is 28.1. The fourth-order valence-electron chi connectivity index (χ4n) is 1.46. The number of carbonyl (C=O) groups excluding carboxylic acids is 1. The molecule has 0 spiro atoms. The Kier molecular flexibility index (Phi) is 5.09. The molecule has 0 fully saturated rings. The molecule has 0 aliphatic rings. The summed E-state index contributed by atoms with van der Waals surface area (Å²) in [7, 11) is 0. The summed E-state index contributed by atoms with van der Waals surface area (Å²) >= 11 is 1.37. The fourth-order valence-corrected chi connectivity index (χ4v) is 1.99. The van der Waals surface area contributed by atoms with Gasteiger partial charge in [0.05, 0.1) is 5.51 Å². The molecule has 1 amide bonds. The minimum Gasteiger partial charge on any atom is -0.481 e. The smallest absolute Gasteiger partial charge is 0.303 e. The van der Waals surface area contributed by atoms with Gasteiger partial charge in [0.1, 0.15) is 5.69 Å². The second-order valence-corrected chi connectivity index (χ2v) is 4.68. The average molecular weight is 256 g/mol. The van der Waals surface area contributed by atoms with Crippen molar-refractivity contribution in [3.63, 3.8) is 0 Å². The van der Waals surface area contributed by atoms with Gasteiger partial charge in [0.15, 0.2) is 0 Å². The van der Waals surface area contributed by atoms with E-state index in [2.05, 4.69) is 4.98 Å². The minimum atomic E-state index is -0.838. The van der Waals surface area contributed by atoms with Crippen LogP contribution in [0, 0.1) is 0 Å². The SMILES string of the molecule is CC(C)N(CCCC(=O)O)C(=O)c1cscn1. The lowest BCUT2D eigenvalue weighted by Gasteiger charge is -2.25. The van der Waals surface area contributed by atoms with Crippen molar-refractivity contribution < 1.29 is 14.7 Å². The van der Waals surface area contributed by atoms with Crippen molar-refractivity contribution in [3.8, 4) is 0 Å². The molecule has 1 aromatic rings. The van der Waals surface area contributed by atoms with Gasteiger partial charge < -0.3 is 10.0 Å². The highest BCUT2D eigenvalue weighted by Crippen LogP contribution is 2.10. The highest BCUT2D eigenvalue weighted by molar-refractivity contribution is 7.07. The van der Waals surface area contributed by atoms with Gasteiger partial charge in [-0.25, -0.2) is 4.98 Å². The summed E-state index contributed by atoms with van der Waals surface area (Å²) in [6.07, 6.45) is 0.539. The number of thiazole rings is 1. The predicted octanol–water partition coefficient (Wildman–Crippen LogP) is 1.86. The molecular formula is C11H16N2O3S. The number of rotatable bonds is 6. The first kappa shape index (κ1) is 13.6. The van der Waals surface area contributed by atoms with Gasteiger partial charge in [-0.1, -0.05) is 0 Å². The molecule has 5 nitrogen and oxygen atoms in total. The Hall–Kier alpha value is -1.43. The Balaban J connectivity index is 2.60. The standard InChI is InChI=1S/C11H16N2O3S/c1-8(2)13(5-3-4-10(14)15)11(16)9-6-17-7-12-9/h6-8H,3-5H2,1-2H3,(H,14,15). The molecule has 17 heavy (non-hydrogen) atoms. The van der Waals surface area contributed by atoms with Crippen LogP contribution in [0.4, 0.5) is 0 Å². The monoisotopic (exact) mass is 256 g/mol. The van der Waals surface area contributed by atoms with E-state index < -0.39 is 5.97 Å². The summed E-state index contributed by atoms with van der Waals surface area (Å²) in [5.74, 6) is -0.971. The zero-order chi connectivity index (χ0) is 12.8. The van der Waals surface area contributed by atoms with Crippen LogP contribution in [-0.4, -0.2) is 39.5 Å². The first-order chi connectivity index (χ1) is 8.02. The minimum absolute atomic E-state index is 0.0398. The first-order valence-corrected chi connectivity index (χ1v) is 6.37. The van der Waals surface area contributed by atoms with E-state index in [4.69, 9.17) is 5.11 Å². The van der Waals surface area contributed by atoms with Crippen molar-refractivity contribution in [3.05, 3.63) is 16.6 Å². The first-order valence-electron chi connectivity index (χ1n) is 5.43. The maximum Gasteiger partial charge on any atom is 0.303 e. The van der Waals surface area contributed by atoms with Gasteiger partial charge in [0.25, 0.3) is 5.91 Å². The van der Waals surface area contributed by atoms with Crippen LogP contribution < -0.4 is 0 Å². The topological polar surface area (TPSA) is 70.5 Å². The van der Waals surface area contributed by atoms with Gasteiger partial charge in [-0.3, -0.25) is 9.59 Å². The third kappa shape index (κ3) is 4.14. The lowest BCUT2D eigenvalue weighted by atomic mass is 10.2. The van der Waals surface area contributed by atoms with Gasteiger partial charge in [-0.2, -0.15) is 0 Å². The van der Waals surface area contributed by atoms with Crippen LogP contribution in [-0.2, 0) is 4.79 Å². The molecule has 1 aromatic heterocycles. The summed E-state index contributed by atoms with van der Waals surface area (Å²) < 4.78 is 0. The van der Waals surface area contributed by atoms with Crippen LogP contribution in [0.3, 0.4) is 0 Å². The van der Waals surface area contributed by atoms with Crippen molar-refractivity contribution >= 4 is 23.2 Å². The number of hydrogen-bond donors (Lipinski definition) is 1. The van der Waals surface area contributed by atoms with Crippen LogP contribution in [0.1, 0.15) is 37.2 Å². The zero-order valence-corrected chi connectivity index (χ0v) is 10.7. The second-order valence-electron chi connectivity index (χ2n) is 3.96. The Morgan fingerprint density at radius 3 is 2.71 bits per heavy atom. The highest BCUT2D eigenvalue weighted by atomic mass is 32.1. The Labute approximate surface area is 104 Å². The van der Waals surface area contributed by atoms with E-state index in [0.29, 0.717) is 18.7 Å². The van der Waals surface area contributed by atoms with Gasteiger partial charge in [-0.05, 0) is 20.3 Å².